The van der Waals surface area contributed by atoms with Crippen molar-refractivity contribution in [1.29, 1.82) is 0 Å². The normalized spacial score (nSPS) is 15.3. The average molecular weight is 325 g/mol. The van der Waals surface area contributed by atoms with E-state index in [2.05, 4.69) is 21.9 Å². The number of hydrogen-bond donors (Lipinski definition) is 1. The zero-order valence-corrected chi connectivity index (χ0v) is 13.9. The summed E-state index contributed by atoms with van der Waals surface area (Å²) in [4.78, 5) is 15.9. The maximum atomic E-state index is 11.1. The molecular weight excluding hydrogens is 302 g/mol. The van der Waals surface area contributed by atoms with Crippen LogP contribution in [0.5, 0.6) is 5.75 Å². The minimum absolute atomic E-state index is 0.381. The van der Waals surface area contributed by atoms with Crippen molar-refractivity contribution in [2.75, 3.05) is 38.2 Å². The predicted molar refractivity (Wildman–Crippen MR) is 95.4 cm³/mol. The quantitative estimate of drug-likeness (QED) is 0.915. The highest BCUT2D eigenvalue weighted by Gasteiger charge is 2.17. The largest absolute Gasteiger partial charge is 0.497 e. The Morgan fingerprint density at radius 3 is 2.42 bits per heavy atom. The number of benzene rings is 2. The van der Waals surface area contributed by atoms with E-state index >= 15 is 0 Å². The van der Waals surface area contributed by atoms with E-state index in [1.54, 1.807) is 19.2 Å². The van der Waals surface area contributed by atoms with Crippen molar-refractivity contribution in [3.63, 3.8) is 0 Å². The van der Waals surface area contributed by atoms with Gasteiger partial charge in [-0.3, -0.25) is 9.69 Å². The summed E-state index contributed by atoms with van der Waals surface area (Å²) in [6.07, 6.45) is 0. The van der Waals surface area contributed by atoms with E-state index in [4.69, 9.17) is 10.5 Å². The highest BCUT2D eigenvalue weighted by atomic mass is 16.5. The molecule has 5 nitrogen and oxygen atoms in total. The smallest absolute Gasteiger partial charge is 0.248 e. The SMILES string of the molecule is COc1cccc(N2CCN(Cc3ccc(C(N)=O)cc3)CC2)c1. The van der Waals surface area contributed by atoms with E-state index in [1.807, 2.05) is 24.3 Å². The van der Waals surface area contributed by atoms with Gasteiger partial charge in [0.25, 0.3) is 0 Å². The summed E-state index contributed by atoms with van der Waals surface area (Å²) in [5.74, 6) is 0.512. The van der Waals surface area contributed by atoms with Crippen molar-refractivity contribution in [2.24, 2.45) is 5.73 Å². The van der Waals surface area contributed by atoms with Crippen molar-refractivity contribution in [3.05, 3.63) is 59.7 Å². The summed E-state index contributed by atoms with van der Waals surface area (Å²) < 4.78 is 5.30. The van der Waals surface area contributed by atoms with Gasteiger partial charge in [-0.15, -0.1) is 0 Å². The number of nitrogens with two attached hydrogens (primary N) is 1. The van der Waals surface area contributed by atoms with Crippen LogP contribution < -0.4 is 15.4 Å². The fraction of sp³-hybridized carbons (Fsp3) is 0.316. The highest BCUT2D eigenvalue weighted by Crippen LogP contribution is 2.22. The lowest BCUT2D eigenvalue weighted by Gasteiger charge is -2.36. The van der Waals surface area contributed by atoms with Crippen LogP contribution in [0.4, 0.5) is 5.69 Å². The molecule has 0 aliphatic carbocycles. The number of anilines is 1. The number of rotatable bonds is 5. The van der Waals surface area contributed by atoms with Crippen LogP contribution in [-0.4, -0.2) is 44.1 Å². The lowest BCUT2D eigenvalue weighted by atomic mass is 10.1. The van der Waals surface area contributed by atoms with E-state index in [-0.39, 0.29) is 5.91 Å². The Kier molecular flexibility index (Phi) is 5.01. The van der Waals surface area contributed by atoms with Gasteiger partial charge in [0, 0.05) is 50.0 Å². The van der Waals surface area contributed by atoms with Crippen molar-refractivity contribution in [2.45, 2.75) is 6.54 Å². The number of carbonyl (C=O) groups excluding carboxylic acids is 1. The molecule has 1 fully saturated rings. The lowest BCUT2D eigenvalue weighted by Crippen LogP contribution is -2.45. The monoisotopic (exact) mass is 325 g/mol. The Hall–Kier alpha value is -2.53. The lowest BCUT2D eigenvalue weighted by molar-refractivity contribution is 0.100. The van der Waals surface area contributed by atoms with E-state index in [0.717, 1.165) is 38.5 Å². The molecule has 1 heterocycles. The minimum Gasteiger partial charge on any atom is -0.497 e. The predicted octanol–water partition coefficient (Wildman–Crippen LogP) is 2.12. The third kappa shape index (κ3) is 3.86. The number of methoxy groups -OCH3 is 1. The van der Waals surface area contributed by atoms with Gasteiger partial charge in [-0.1, -0.05) is 18.2 Å². The van der Waals surface area contributed by atoms with Gasteiger partial charge in [0.15, 0.2) is 0 Å². The molecule has 2 aromatic rings. The van der Waals surface area contributed by atoms with Crippen LogP contribution in [0.1, 0.15) is 15.9 Å². The van der Waals surface area contributed by atoms with E-state index in [9.17, 15) is 4.79 Å². The third-order valence-electron chi connectivity index (χ3n) is 4.44. The molecule has 0 atom stereocenters. The molecule has 1 aliphatic heterocycles. The van der Waals surface area contributed by atoms with Crippen LogP contribution in [-0.2, 0) is 6.54 Å². The number of nitrogens with zero attached hydrogens (tertiary/aromatic N) is 2. The first-order valence-corrected chi connectivity index (χ1v) is 8.16. The molecular formula is C19H23N3O2. The van der Waals surface area contributed by atoms with E-state index in [1.165, 1.54) is 11.3 Å². The van der Waals surface area contributed by atoms with Crippen LogP contribution in [0.25, 0.3) is 0 Å². The molecule has 24 heavy (non-hydrogen) atoms. The van der Waals surface area contributed by atoms with E-state index in [0.29, 0.717) is 5.56 Å². The van der Waals surface area contributed by atoms with Gasteiger partial charge >= 0.3 is 0 Å². The Morgan fingerprint density at radius 1 is 1.08 bits per heavy atom. The van der Waals surface area contributed by atoms with Crippen LogP contribution in [0.15, 0.2) is 48.5 Å². The van der Waals surface area contributed by atoms with Gasteiger partial charge in [-0.25, -0.2) is 0 Å². The molecule has 0 bridgehead atoms. The van der Waals surface area contributed by atoms with Gasteiger partial charge < -0.3 is 15.4 Å². The molecule has 3 rings (SSSR count). The first kappa shape index (κ1) is 16.3. The van der Waals surface area contributed by atoms with Gasteiger partial charge in [-0.2, -0.15) is 0 Å². The van der Waals surface area contributed by atoms with Crippen molar-refractivity contribution in [3.8, 4) is 5.75 Å². The van der Waals surface area contributed by atoms with E-state index < -0.39 is 0 Å². The van der Waals surface area contributed by atoms with Crippen LogP contribution in [0.2, 0.25) is 0 Å². The minimum atomic E-state index is -0.381. The number of hydrogen-bond acceptors (Lipinski definition) is 4. The first-order valence-electron chi connectivity index (χ1n) is 8.16. The molecule has 2 aromatic carbocycles. The van der Waals surface area contributed by atoms with Crippen LogP contribution in [0.3, 0.4) is 0 Å². The second kappa shape index (κ2) is 7.36. The number of primary amides is 1. The molecule has 126 valence electrons. The first-order chi connectivity index (χ1) is 11.7. The van der Waals surface area contributed by atoms with Crippen molar-refractivity contribution < 1.29 is 9.53 Å². The zero-order chi connectivity index (χ0) is 16.9. The van der Waals surface area contributed by atoms with Crippen molar-refractivity contribution in [1.82, 2.24) is 4.90 Å². The van der Waals surface area contributed by atoms with Gasteiger partial charge in [0.05, 0.1) is 7.11 Å². The summed E-state index contributed by atoms with van der Waals surface area (Å²) in [5, 5.41) is 0. The average Bonchev–Trinajstić information content (AvgIpc) is 2.63. The van der Waals surface area contributed by atoms with Crippen molar-refractivity contribution >= 4 is 11.6 Å². The third-order valence-corrected chi connectivity index (χ3v) is 4.44. The molecule has 0 unspecified atom stereocenters. The molecule has 1 saturated heterocycles. The Balaban J connectivity index is 1.55. The maximum absolute atomic E-state index is 11.1. The number of amides is 1. The fourth-order valence-electron chi connectivity index (χ4n) is 3.00. The topological polar surface area (TPSA) is 58.8 Å². The molecule has 1 aliphatic rings. The molecule has 0 spiro atoms. The maximum Gasteiger partial charge on any atom is 0.248 e. The summed E-state index contributed by atoms with van der Waals surface area (Å²) in [6, 6.07) is 15.8. The van der Waals surface area contributed by atoms with Crippen LogP contribution in [0, 0.1) is 0 Å². The molecule has 5 heteroatoms. The summed E-state index contributed by atoms with van der Waals surface area (Å²) >= 11 is 0. The molecule has 2 N–H and O–H groups in total. The standard InChI is InChI=1S/C19H23N3O2/c1-24-18-4-2-3-17(13-18)22-11-9-21(10-12-22)14-15-5-7-16(8-6-15)19(20)23/h2-8,13H,9-12,14H2,1H3,(H2,20,23). The van der Waals surface area contributed by atoms with Gasteiger partial charge in [-0.05, 0) is 29.8 Å². The van der Waals surface area contributed by atoms with Gasteiger partial charge in [0.2, 0.25) is 5.91 Å². The summed E-state index contributed by atoms with van der Waals surface area (Å²) in [5.41, 5.74) is 8.24. The summed E-state index contributed by atoms with van der Waals surface area (Å²) in [7, 11) is 1.69. The molecule has 0 saturated carbocycles. The number of carbonyl (C=O) groups is 1. The fourth-order valence-corrected chi connectivity index (χ4v) is 3.00. The second-order valence-electron chi connectivity index (χ2n) is 6.03. The zero-order valence-electron chi connectivity index (χ0n) is 13.9. The number of ether oxygens (including phenoxy) is 1. The Bertz CT molecular complexity index is 692. The molecule has 0 radical (unpaired) electrons. The van der Waals surface area contributed by atoms with Gasteiger partial charge in [0.1, 0.15) is 5.75 Å². The molecule has 1 amide bonds. The number of piperazine rings is 1. The second-order valence-corrected chi connectivity index (χ2v) is 6.03. The van der Waals surface area contributed by atoms with Crippen LogP contribution >= 0.6 is 0 Å². The Labute approximate surface area is 142 Å². The molecule has 0 aromatic heterocycles. The highest BCUT2D eigenvalue weighted by molar-refractivity contribution is 5.92. The Morgan fingerprint density at radius 2 is 1.79 bits per heavy atom. The summed E-state index contributed by atoms with van der Waals surface area (Å²) in [6.45, 7) is 4.90.